The highest BCUT2D eigenvalue weighted by Gasteiger charge is 2.28. The molecule has 1 amide bonds. The van der Waals surface area contributed by atoms with Crippen molar-refractivity contribution in [3.8, 4) is 0 Å². The zero-order valence-corrected chi connectivity index (χ0v) is 52.2. The van der Waals surface area contributed by atoms with Crippen LogP contribution in [0.3, 0.4) is 0 Å². The van der Waals surface area contributed by atoms with Gasteiger partial charge < -0.3 is 25.7 Å². The highest BCUT2D eigenvalue weighted by Crippen LogP contribution is 2.18. The van der Waals surface area contributed by atoms with Crippen LogP contribution in [0.2, 0.25) is 0 Å². The summed E-state index contributed by atoms with van der Waals surface area (Å²) in [7, 11) is 0. The van der Waals surface area contributed by atoms with Gasteiger partial charge in [0, 0.05) is 0 Å². The van der Waals surface area contributed by atoms with Crippen molar-refractivity contribution in [1.82, 2.24) is 5.32 Å². The van der Waals surface area contributed by atoms with Gasteiger partial charge in [0.1, 0.15) is 12.2 Å². The lowest BCUT2D eigenvalue weighted by Crippen LogP contribution is -2.53. The number of hydrogen-bond donors (Lipinski definition) is 5. The van der Waals surface area contributed by atoms with Crippen LogP contribution in [-0.2, 0) is 4.79 Å². The molecule has 0 aliphatic heterocycles. The molecule has 6 heteroatoms. The molecule has 0 aliphatic carbocycles. The number of rotatable bonds is 64. The van der Waals surface area contributed by atoms with E-state index in [9.17, 15) is 25.2 Å². The van der Waals surface area contributed by atoms with Gasteiger partial charge in [-0.05, 0) is 96.3 Å². The molecule has 0 rings (SSSR count). The third-order valence-corrected chi connectivity index (χ3v) is 16.2. The highest BCUT2D eigenvalue weighted by molar-refractivity contribution is 5.80. The topological polar surface area (TPSA) is 110 Å². The molecule has 0 bridgehead atoms. The number of hydrogen-bond acceptors (Lipinski definition) is 5. The molecular formula is C72H135NO5. The minimum Gasteiger partial charge on any atom is -0.394 e. The maximum absolute atomic E-state index is 12.7. The maximum Gasteiger partial charge on any atom is 0.249 e. The fourth-order valence-electron chi connectivity index (χ4n) is 10.8. The number of allylic oxidation sites excluding steroid dienone is 10. The first kappa shape index (κ1) is 76.0. The van der Waals surface area contributed by atoms with Crippen molar-refractivity contribution in [2.75, 3.05) is 6.61 Å². The largest absolute Gasteiger partial charge is 0.394 e. The van der Waals surface area contributed by atoms with Crippen molar-refractivity contribution in [3.05, 3.63) is 60.8 Å². The molecule has 4 unspecified atom stereocenters. The van der Waals surface area contributed by atoms with Gasteiger partial charge in [-0.15, -0.1) is 0 Å². The van der Waals surface area contributed by atoms with Gasteiger partial charge in [-0.25, -0.2) is 0 Å². The Morgan fingerprint density at radius 1 is 0.321 bits per heavy atom. The molecule has 78 heavy (non-hydrogen) atoms. The van der Waals surface area contributed by atoms with Gasteiger partial charge in [0.05, 0.1) is 18.8 Å². The molecule has 0 aliphatic rings. The smallest absolute Gasteiger partial charge is 0.249 e. The Morgan fingerprint density at radius 2 is 0.577 bits per heavy atom. The van der Waals surface area contributed by atoms with Gasteiger partial charge in [-0.3, -0.25) is 4.79 Å². The molecule has 5 N–H and O–H groups in total. The summed E-state index contributed by atoms with van der Waals surface area (Å²) in [4.78, 5) is 12.7. The van der Waals surface area contributed by atoms with E-state index in [0.29, 0.717) is 19.3 Å². The summed E-state index contributed by atoms with van der Waals surface area (Å²) in [5.74, 6) is -0.596. The molecule has 0 heterocycles. The Kier molecular flexibility index (Phi) is 64.1. The Balaban J connectivity index is 3.62. The predicted octanol–water partition coefficient (Wildman–Crippen LogP) is 21.4. The van der Waals surface area contributed by atoms with Crippen molar-refractivity contribution in [2.45, 2.75) is 385 Å². The summed E-state index contributed by atoms with van der Waals surface area (Å²) in [6.07, 6.45) is 87.7. The van der Waals surface area contributed by atoms with Crippen LogP contribution in [0.1, 0.15) is 361 Å². The van der Waals surface area contributed by atoms with Gasteiger partial charge >= 0.3 is 0 Å². The highest BCUT2D eigenvalue weighted by atomic mass is 16.3. The Bertz CT molecular complexity index is 1320. The molecule has 0 spiro atoms. The molecule has 0 aromatic heterocycles. The Morgan fingerprint density at radius 3 is 0.885 bits per heavy atom. The van der Waals surface area contributed by atoms with Crippen LogP contribution in [-0.4, -0.2) is 57.3 Å². The molecule has 458 valence electrons. The number of aliphatic hydroxyl groups is 4. The van der Waals surface area contributed by atoms with Crippen LogP contribution >= 0.6 is 0 Å². The average Bonchev–Trinajstić information content (AvgIpc) is 3.45. The molecule has 0 saturated heterocycles. The number of carbonyl (C=O) groups excluding carboxylic acids is 1. The van der Waals surface area contributed by atoms with Gasteiger partial charge in [-0.2, -0.15) is 0 Å². The number of amides is 1. The van der Waals surface area contributed by atoms with Gasteiger partial charge in [0.2, 0.25) is 5.91 Å². The number of aliphatic hydroxyl groups excluding tert-OH is 4. The quantitative estimate of drug-likeness (QED) is 0.0308. The normalized spacial score (nSPS) is 13.9. The van der Waals surface area contributed by atoms with Crippen LogP contribution in [0.4, 0.5) is 0 Å². The van der Waals surface area contributed by atoms with E-state index in [1.807, 2.05) is 0 Å². The van der Waals surface area contributed by atoms with E-state index < -0.39 is 36.9 Å². The lowest BCUT2D eigenvalue weighted by molar-refractivity contribution is -0.132. The zero-order chi connectivity index (χ0) is 56.6. The standard InChI is InChI=1S/C72H135NO5/c1-3-5-7-9-11-13-15-17-19-21-23-25-27-29-31-32-33-34-35-36-37-38-39-40-42-44-46-48-50-52-54-56-58-60-62-64-66-70(76)72(78)73-68(67-74)71(77)69(75)65-63-61-59-57-55-53-51-49-47-45-43-41-30-28-26-24-22-20-18-16-14-12-10-8-6-4-2/h31-32,34-35,41,43,49,51,57,59,68-71,74-77H,3-30,33,36-40,42,44-48,50,52-56,58,60-67H2,1-2H3,(H,73,78)/b32-31-,35-34-,43-41+,51-49+,59-57+. The second-order valence-electron chi connectivity index (χ2n) is 23.8. The first-order valence-electron chi connectivity index (χ1n) is 34.7. The van der Waals surface area contributed by atoms with Crippen molar-refractivity contribution >= 4 is 5.91 Å². The molecule has 0 fully saturated rings. The van der Waals surface area contributed by atoms with Crippen LogP contribution in [0, 0.1) is 0 Å². The summed E-state index contributed by atoms with van der Waals surface area (Å²) in [6.45, 7) is 4.08. The van der Waals surface area contributed by atoms with Crippen molar-refractivity contribution in [2.24, 2.45) is 0 Å². The summed E-state index contributed by atoms with van der Waals surface area (Å²) in [6, 6.07) is -1.02. The Labute approximate surface area is 486 Å². The zero-order valence-electron chi connectivity index (χ0n) is 52.2. The lowest BCUT2D eigenvalue weighted by atomic mass is 10.00. The second-order valence-corrected chi connectivity index (χ2v) is 23.8. The third kappa shape index (κ3) is 58.7. The van der Waals surface area contributed by atoms with Crippen molar-refractivity contribution in [1.29, 1.82) is 0 Å². The molecular weight excluding hydrogens is 959 g/mol. The number of nitrogens with one attached hydrogen (secondary N) is 1. The van der Waals surface area contributed by atoms with Crippen molar-refractivity contribution < 1.29 is 25.2 Å². The summed E-state index contributed by atoms with van der Waals surface area (Å²) < 4.78 is 0. The second kappa shape index (κ2) is 65.8. The molecule has 0 radical (unpaired) electrons. The average molecular weight is 1090 g/mol. The van der Waals surface area contributed by atoms with E-state index in [1.165, 1.54) is 270 Å². The first-order chi connectivity index (χ1) is 38.5. The van der Waals surface area contributed by atoms with E-state index in [1.54, 1.807) is 0 Å². The molecule has 6 nitrogen and oxygen atoms in total. The molecule has 0 aromatic carbocycles. The monoisotopic (exact) mass is 1090 g/mol. The molecule has 0 aromatic rings. The number of carbonyl (C=O) groups is 1. The van der Waals surface area contributed by atoms with Crippen LogP contribution in [0.25, 0.3) is 0 Å². The lowest BCUT2D eigenvalue weighted by Gasteiger charge is -2.27. The molecule has 4 atom stereocenters. The van der Waals surface area contributed by atoms with Gasteiger partial charge in [0.15, 0.2) is 0 Å². The summed E-state index contributed by atoms with van der Waals surface area (Å²) in [5.41, 5.74) is 0. The minimum absolute atomic E-state index is 0.358. The van der Waals surface area contributed by atoms with E-state index in [4.69, 9.17) is 0 Å². The fraction of sp³-hybridized carbons (Fsp3) is 0.847. The molecule has 0 saturated carbocycles. The fourth-order valence-corrected chi connectivity index (χ4v) is 10.8. The van der Waals surface area contributed by atoms with E-state index in [-0.39, 0.29) is 0 Å². The number of unbranched alkanes of at least 4 members (excludes halogenated alkanes) is 45. The minimum atomic E-state index is -1.30. The van der Waals surface area contributed by atoms with Crippen molar-refractivity contribution in [3.63, 3.8) is 0 Å². The van der Waals surface area contributed by atoms with E-state index >= 15 is 0 Å². The predicted molar refractivity (Wildman–Crippen MR) is 343 cm³/mol. The van der Waals surface area contributed by atoms with Gasteiger partial charge in [-0.1, -0.05) is 325 Å². The van der Waals surface area contributed by atoms with E-state index in [2.05, 4.69) is 79.9 Å². The van der Waals surface area contributed by atoms with Crippen LogP contribution in [0.15, 0.2) is 60.8 Å². The first-order valence-corrected chi connectivity index (χ1v) is 34.7. The summed E-state index contributed by atoms with van der Waals surface area (Å²) in [5, 5.41) is 44.1. The SMILES string of the molecule is CCCCCCCCCCCCCCC/C=C\C/C=C\CCCCCCCCCCCCCCCCCCC(O)C(=O)NC(CO)C(O)C(O)CCC/C=C/CC/C=C/CC/C=C/CCCCCCCCCCCCCCC. The summed E-state index contributed by atoms with van der Waals surface area (Å²) >= 11 is 0. The van der Waals surface area contributed by atoms with Gasteiger partial charge in [0.25, 0.3) is 0 Å². The Hall–Kier alpha value is -1.99. The maximum atomic E-state index is 12.7. The van der Waals surface area contributed by atoms with Crippen LogP contribution in [0.5, 0.6) is 0 Å². The van der Waals surface area contributed by atoms with Crippen LogP contribution < -0.4 is 5.32 Å². The third-order valence-electron chi connectivity index (χ3n) is 16.2. The van der Waals surface area contributed by atoms with E-state index in [0.717, 1.165) is 57.8 Å².